The molecule has 0 N–H and O–H groups in total. The van der Waals surface area contributed by atoms with Crippen molar-refractivity contribution in [2.24, 2.45) is 0 Å². The van der Waals surface area contributed by atoms with Crippen LogP contribution >= 0.6 is 8.92 Å². The first-order valence-corrected chi connectivity index (χ1v) is 12.8. The quantitative estimate of drug-likeness (QED) is 0.582. The van der Waals surface area contributed by atoms with Crippen molar-refractivity contribution >= 4 is 26.2 Å². The zero-order valence-corrected chi connectivity index (χ0v) is 8.12. The van der Waals surface area contributed by atoms with Gasteiger partial charge in [0.05, 0.1) is 0 Å². The molecule has 0 fully saturated rings. The van der Waals surface area contributed by atoms with Crippen LogP contribution in [0.1, 0.15) is 0 Å². The van der Waals surface area contributed by atoms with Crippen LogP contribution in [0.2, 0.25) is 9.88 Å². The van der Waals surface area contributed by atoms with Crippen molar-refractivity contribution in [3.05, 3.63) is 0 Å². The SMILES string of the molecule is [CH3][Sn]([CH3])([Cl])[C](F)(F)F. The summed E-state index contributed by atoms with van der Waals surface area (Å²) in [7, 11) is 5.09. The molecular formula is C3H6ClF3Sn. The number of halogens is 4. The number of alkyl halides is 3. The van der Waals surface area contributed by atoms with Gasteiger partial charge in [-0.3, -0.25) is 0 Å². The molecule has 0 atom stereocenters. The summed E-state index contributed by atoms with van der Waals surface area (Å²) in [6.07, 6.45) is 0. The zero-order chi connectivity index (χ0) is 7.00. The van der Waals surface area contributed by atoms with Crippen LogP contribution < -0.4 is 0 Å². The van der Waals surface area contributed by atoms with E-state index in [4.69, 9.17) is 8.92 Å². The summed E-state index contributed by atoms with van der Waals surface area (Å²) >= 11 is -4.05. The summed E-state index contributed by atoms with van der Waals surface area (Å²) in [5.41, 5.74) is 0. The third-order valence-corrected chi connectivity index (χ3v) is 5.96. The van der Waals surface area contributed by atoms with Crippen molar-refractivity contribution in [1.29, 1.82) is 0 Å². The summed E-state index contributed by atoms with van der Waals surface area (Å²) in [5.74, 6) is 0. The van der Waals surface area contributed by atoms with E-state index in [0.717, 1.165) is 9.88 Å². The molecule has 0 aromatic carbocycles. The minimum absolute atomic E-state index is 1.12. The van der Waals surface area contributed by atoms with E-state index in [1.54, 1.807) is 0 Å². The van der Waals surface area contributed by atoms with Gasteiger partial charge in [0.15, 0.2) is 0 Å². The molecule has 0 bridgehead atoms. The Bertz CT molecular complexity index is 69.5. The number of hydrogen-bond donors (Lipinski definition) is 0. The van der Waals surface area contributed by atoms with Gasteiger partial charge in [-0.05, 0) is 0 Å². The molecule has 0 aliphatic rings. The van der Waals surface area contributed by atoms with E-state index < -0.39 is 21.4 Å². The second-order valence-corrected chi connectivity index (χ2v) is 18.3. The van der Waals surface area contributed by atoms with Gasteiger partial charge in [0.25, 0.3) is 0 Å². The van der Waals surface area contributed by atoms with Crippen molar-refractivity contribution in [3.63, 3.8) is 0 Å². The van der Waals surface area contributed by atoms with Gasteiger partial charge in [0.1, 0.15) is 0 Å². The van der Waals surface area contributed by atoms with Crippen LogP contribution in [0.4, 0.5) is 13.2 Å². The van der Waals surface area contributed by atoms with Crippen LogP contribution in [0, 0.1) is 0 Å². The van der Waals surface area contributed by atoms with E-state index in [-0.39, 0.29) is 0 Å². The average Bonchev–Trinajstić information content (AvgIpc) is 1.25. The van der Waals surface area contributed by atoms with Crippen molar-refractivity contribution in [1.82, 2.24) is 0 Å². The summed E-state index contributed by atoms with van der Waals surface area (Å²) in [5, 5.41) is 0. The predicted octanol–water partition coefficient (Wildman–Crippen LogP) is 2.53. The molecule has 8 heavy (non-hydrogen) atoms. The molecule has 0 amide bonds. The van der Waals surface area contributed by atoms with Crippen LogP contribution in [0.3, 0.4) is 0 Å². The molecule has 5 heteroatoms. The Balaban J connectivity index is 4.02. The van der Waals surface area contributed by atoms with Gasteiger partial charge in [-0.1, -0.05) is 0 Å². The Labute approximate surface area is 53.6 Å². The molecule has 0 aromatic heterocycles. The summed E-state index contributed by atoms with van der Waals surface area (Å²) < 4.78 is 30.5. The second-order valence-electron chi connectivity index (χ2n) is 1.97. The molecule has 0 unspecified atom stereocenters. The monoisotopic (exact) mass is 254 g/mol. The van der Waals surface area contributed by atoms with Crippen LogP contribution in [-0.2, 0) is 0 Å². The van der Waals surface area contributed by atoms with Crippen molar-refractivity contribution in [2.45, 2.75) is 14.1 Å². The van der Waals surface area contributed by atoms with E-state index in [2.05, 4.69) is 0 Å². The first-order valence-electron chi connectivity index (χ1n) is 2.01. The number of hydrogen-bond acceptors (Lipinski definition) is 0. The Morgan fingerprint density at radius 2 is 1.38 bits per heavy atom. The van der Waals surface area contributed by atoms with Gasteiger partial charge in [-0.15, -0.1) is 0 Å². The Morgan fingerprint density at radius 3 is 1.38 bits per heavy atom. The molecule has 0 saturated carbocycles. The molecule has 0 aliphatic heterocycles. The normalized spacial score (nSPS) is 14.2. The average molecular weight is 253 g/mol. The molecule has 0 spiro atoms. The molecule has 0 aromatic rings. The van der Waals surface area contributed by atoms with Gasteiger partial charge in [0.2, 0.25) is 0 Å². The maximum absolute atomic E-state index is 11.5. The molecule has 0 rings (SSSR count). The summed E-state index contributed by atoms with van der Waals surface area (Å²) in [6.45, 7) is 0. The van der Waals surface area contributed by atoms with Gasteiger partial charge in [0, 0.05) is 0 Å². The third-order valence-electron chi connectivity index (χ3n) is 0.674. The fourth-order valence-corrected chi connectivity index (χ4v) is 0. The van der Waals surface area contributed by atoms with Crippen LogP contribution in [0.25, 0.3) is 0 Å². The second kappa shape index (κ2) is 2.25. The first kappa shape index (κ1) is 8.88. The van der Waals surface area contributed by atoms with Crippen molar-refractivity contribution in [3.8, 4) is 0 Å². The Kier molecular flexibility index (Phi) is 2.49. The van der Waals surface area contributed by atoms with Gasteiger partial charge < -0.3 is 0 Å². The minimum atomic E-state index is -4.09. The van der Waals surface area contributed by atoms with E-state index in [9.17, 15) is 13.2 Å². The molecule has 0 radical (unpaired) electrons. The predicted molar refractivity (Wildman–Crippen MR) is 29.4 cm³/mol. The molecule has 0 aliphatic carbocycles. The molecule has 0 heterocycles. The molecule has 0 saturated heterocycles. The van der Waals surface area contributed by atoms with Crippen LogP contribution in [0.5, 0.6) is 0 Å². The molecule has 50 valence electrons. The number of rotatable bonds is 0. The fraction of sp³-hybridized carbons (Fsp3) is 1.00. The molecule has 0 nitrogen and oxygen atoms in total. The maximum atomic E-state index is 11.5. The fourth-order valence-electron chi connectivity index (χ4n) is 0. The summed E-state index contributed by atoms with van der Waals surface area (Å²) in [6, 6.07) is 0. The molecular weight excluding hydrogens is 247 g/mol. The van der Waals surface area contributed by atoms with Gasteiger partial charge in [-0.2, -0.15) is 0 Å². The van der Waals surface area contributed by atoms with E-state index in [1.807, 2.05) is 0 Å². The third kappa shape index (κ3) is 2.44. The van der Waals surface area contributed by atoms with Crippen molar-refractivity contribution < 1.29 is 13.2 Å². The van der Waals surface area contributed by atoms with Gasteiger partial charge >= 0.3 is 53.4 Å². The van der Waals surface area contributed by atoms with Gasteiger partial charge in [-0.25, -0.2) is 0 Å². The Hall–Kier alpha value is 0.879. The topological polar surface area (TPSA) is 0 Å². The van der Waals surface area contributed by atoms with Crippen LogP contribution in [-0.4, -0.2) is 21.4 Å². The van der Waals surface area contributed by atoms with Crippen molar-refractivity contribution in [2.75, 3.05) is 0 Å². The zero-order valence-electron chi connectivity index (χ0n) is 4.51. The first-order chi connectivity index (χ1) is 3.25. The standard InChI is InChI=1S/CF3.2CH3.ClH.Sn/c2-1(3)4;;;;/h;2*1H3;1H;/q;;;;+1/p-1. The Morgan fingerprint density at radius 1 is 1.25 bits per heavy atom. The summed E-state index contributed by atoms with van der Waals surface area (Å²) in [4.78, 5) is 2.24. The van der Waals surface area contributed by atoms with E-state index in [0.29, 0.717) is 0 Å². The van der Waals surface area contributed by atoms with Crippen LogP contribution in [0.15, 0.2) is 0 Å². The van der Waals surface area contributed by atoms with E-state index >= 15 is 0 Å². The van der Waals surface area contributed by atoms with E-state index in [1.165, 1.54) is 0 Å².